The van der Waals surface area contributed by atoms with Crippen molar-refractivity contribution < 1.29 is 4.74 Å². The highest BCUT2D eigenvalue weighted by molar-refractivity contribution is 14.1. The Bertz CT molecular complexity index is 162. The zero-order valence-corrected chi connectivity index (χ0v) is 15.0. The molecular formula is C14H27IMgO. The van der Waals surface area contributed by atoms with Crippen LogP contribution in [0.4, 0.5) is 0 Å². The molecule has 17 heavy (non-hydrogen) atoms. The smallest absolute Gasteiger partial charge is 0.381 e. The lowest BCUT2D eigenvalue weighted by atomic mass is 10.2. The van der Waals surface area contributed by atoms with Gasteiger partial charge in [-0.25, -0.2) is 0 Å². The molecule has 0 bridgehead atoms. The molecule has 0 saturated heterocycles. The average Bonchev–Trinajstić information content (AvgIpc) is 2.35. The Morgan fingerprint density at radius 2 is 1.65 bits per heavy atom. The largest absolute Gasteiger partial charge is 0.464 e. The number of allylic oxidation sites excluding steroid dienone is 2. The summed E-state index contributed by atoms with van der Waals surface area (Å²) < 4.78 is 7.06. The van der Waals surface area contributed by atoms with E-state index in [1.165, 1.54) is 55.9 Å². The number of halogens is 1. The molecule has 0 N–H and O–H groups in total. The molecule has 0 aliphatic rings. The van der Waals surface area contributed by atoms with Crippen LogP contribution in [0.1, 0.15) is 58.3 Å². The Balaban J connectivity index is 2.96. The molecule has 1 nitrogen and oxygen atoms in total. The van der Waals surface area contributed by atoms with Crippen LogP contribution in [0.5, 0.6) is 0 Å². The average molecular weight is 363 g/mol. The van der Waals surface area contributed by atoms with Gasteiger partial charge in [-0.15, -0.1) is 4.55 Å². The summed E-state index contributed by atoms with van der Waals surface area (Å²) >= 11 is 2.82. The highest BCUT2D eigenvalue weighted by Gasteiger charge is 1.90. The minimum Gasteiger partial charge on any atom is -0.381 e. The highest BCUT2D eigenvalue weighted by atomic mass is 127. The van der Waals surface area contributed by atoms with E-state index in [2.05, 4.69) is 37.9 Å². The molecule has 0 atom stereocenters. The van der Waals surface area contributed by atoms with Gasteiger partial charge in [-0.05, 0) is 19.3 Å². The molecule has 0 spiro atoms. The van der Waals surface area contributed by atoms with E-state index >= 15 is 0 Å². The first-order valence-corrected chi connectivity index (χ1v) is 13.3. The monoisotopic (exact) mass is 362 g/mol. The van der Waals surface area contributed by atoms with Gasteiger partial charge >= 0.3 is 16.5 Å². The molecule has 0 rings (SSSR count). The second kappa shape index (κ2) is 17.2. The molecule has 0 aliphatic carbocycles. The molecule has 0 aliphatic heterocycles. The fourth-order valence-electron chi connectivity index (χ4n) is 1.64. The van der Waals surface area contributed by atoms with Gasteiger partial charge in [-0.1, -0.05) is 51.2 Å². The third-order valence-corrected chi connectivity index (χ3v) is 5.69. The molecule has 0 aromatic carbocycles. The summed E-state index contributed by atoms with van der Waals surface area (Å²) in [6.45, 7) is 4.17. The van der Waals surface area contributed by atoms with Crippen molar-refractivity contribution in [2.45, 2.75) is 62.8 Å². The maximum atomic E-state index is 5.61. The van der Waals surface area contributed by atoms with Gasteiger partial charge in [0.15, 0.2) is 0 Å². The van der Waals surface area contributed by atoms with Gasteiger partial charge in [0.25, 0.3) is 0 Å². The van der Waals surface area contributed by atoms with Crippen molar-refractivity contribution in [2.75, 3.05) is 13.2 Å². The summed E-state index contributed by atoms with van der Waals surface area (Å²) in [5, 5.41) is 0. The van der Waals surface area contributed by atoms with Crippen LogP contribution in [-0.4, -0.2) is 29.7 Å². The quantitative estimate of drug-likeness (QED) is 0.190. The van der Waals surface area contributed by atoms with Crippen LogP contribution < -0.4 is 0 Å². The van der Waals surface area contributed by atoms with Gasteiger partial charge in [-0.3, -0.25) is 0 Å². The van der Waals surface area contributed by atoms with Crippen LogP contribution in [0, 0.1) is 0 Å². The van der Waals surface area contributed by atoms with E-state index < -0.39 is 0 Å². The second-order valence-electron chi connectivity index (χ2n) is 4.47. The van der Waals surface area contributed by atoms with Crippen LogP contribution in [0.3, 0.4) is 0 Å². The van der Waals surface area contributed by atoms with Crippen molar-refractivity contribution in [2.24, 2.45) is 0 Å². The van der Waals surface area contributed by atoms with Crippen molar-refractivity contribution in [3.8, 4) is 0 Å². The first-order chi connectivity index (χ1) is 8.41. The van der Waals surface area contributed by atoms with Gasteiger partial charge in [0.1, 0.15) is 0 Å². The fourth-order valence-corrected chi connectivity index (χ4v) is 3.35. The summed E-state index contributed by atoms with van der Waals surface area (Å²) in [7, 11) is 0. The molecule has 0 saturated carbocycles. The number of hydrogen-bond acceptors (Lipinski definition) is 1. The summed E-state index contributed by atoms with van der Waals surface area (Å²) in [6, 6.07) is 0. The number of unbranched alkanes of at least 4 members (excludes halogenated alkanes) is 5. The van der Waals surface area contributed by atoms with Crippen molar-refractivity contribution >= 4 is 35.3 Å². The van der Waals surface area contributed by atoms with Gasteiger partial charge in [0, 0.05) is 13.2 Å². The molecular weight excluding hydrogens is 335 g/mol. The van der Waals surface area contributed by atoms with Crippen LogP contribution in [0.2, 0.25) is 4.55 Å². The maximum Gasteiger partial charge on any atom is 0.464 e. The van der Waals surface area contributed by atoms with E-state index in [4.69, 9.17) is 4.74 Å². The van der Waals surface area contributed by atoms with E-state index in [0.29, 0.717) is 0 Å². The van der Waals surface area contributed by atoms with E-state index in [1.54, 1.807) is 0 Å². The summed E-state index contributed by atoms with van der Waals surface area (Å²) in [5.74, 6) is 0. The molecule has 0 fully saturated rings. The Morgan fingerprint density at radius 3 is 2.41 bits per heavy atom. The first-order valence-electron chi connectivity index (χ1n) is 7.20. The molecule has 3 heteroatoms. The molecule has 98 valence electrons. The Morgan fingerprint density at radius 1 is 0.941 bits per heavy atom. The third-order valence-electron chi connectivity index (χ3n) is 2.72. The molecule has 0 aromatic rings. The van der Waals surface area contributed by atoms with E-state index in [9.17, 15) is 0 Å². The Labute approximate surface area is 127 Å². The summed E-state index contributed by atoms with van der Waals surface area (Å²) in [4.78, 5) is 0. The standard InChI is InChI=1S/C14H27O.HI.Mg/c1-3-5-7-9-11-13-15-14-12-10-8-6-4-2;;/h5,7H,1,3-4,6,8-14H2,2H3;1H;/q;;+1/p-1/b7-5-;;. The highest BCUT2D eigenvalue weighted by Crippen LogP contribution is 2.03. The number of rotatable bonds is 13. The van der Waals surface area contributed by atoms with Crippen LogP contribution in [0.15, 0.2) is 12.2 Å². The summed E-state index contributed by atoms with van der Waals surface area (Å²) in [5.41, 5.74) is 0. The lowest BCUT2D eigenvalue weighted by Gasteiger charge is -2.02. The molecule has 0 aromatic heterocycles. The second-order valence-corrected chi connectivity index (χ2v) is 8.79. The lowest BCUT2D eigenvalue weighted by Crippen LogP contribution is -1.96. The van der Waals surface area contributed by atoms with E-state index in [-0.39, 0.29) is 16.5 Å². The van der Waals surface area contributed by atoms with E-state index in [1.807, 2.05) is 0 Å². The SMILES string of the molecule is CCCCCCCOCCC/C=C\C[CH2][Mg][I]. The predicted octanol–water partition coefficient (Wildman–Crippen LogP) is 5.17. The van der Waals surface area contributed by atoms with Crippen molar-refractivity contribution in [3.63, 3.8) is 0 Å². The zero-order chi connectivity index (χ0) is 12.6. The number of ether oxygens (including phenoxy) is 1. The normalized spacial score (nSPS) is 10.9. The lowest BCUT2D eigenvalue weighted by molar-refractivity contribution is 0.128. The van der Waals surface area contributed by atoms with E-state index in [0.717, 1.165) is 13.2 Å². The minimum atomic E-state index is 0.248. The number of hydrogen-bond donors (Lipinski definition) is 0. The summed E-state index contributed by atoms with van der Waals surface area (Å²) in [6.07, 6.45) is 15.0. The van der Waals surface area contributed by atoms with Gasteiger partial charge < -0.3 is 23.6 Å². The Kier molecular flexibility index (Phi) is 18.4. The Hall–Kier alpha value is 1.20. The van der Waals surface area contributed by atoms with Crippen molar-refractivity contribution in [3.05, 3.63) is 12.2 Å². The minimum absolute atomic E-state index is 0.248. The fraction of sp³-hybridized carbons (Fsp3) is 0.857. The zero-order valence-electron chi connectivity index (χ0n) is 11.4. The van der Waals surface area contributed by atoms with Gasteiger partial charge in [0.2, 0.25) is 0 Å². The molecule has 0 heterocycles. The van der Waals surface area contributed by atoms with Gasteiger partial charge in [0.05, 0.1) is 0 Å². The maximum absolute atomic E-state index is 5.61. The predicted molar refractivity (Wildman–Crippen MR) is 87.2 cm³/mol. The third kappa shape index (κ3) is 17.2. The molecule has 0 radical (unpaired) electrons. The van der Waals surface area contributed by atoms with Crippen LogP contribution in [0.25, 0.3) is 0 Å². The topological polar surface area (TPSA) is 9.23 Å². The van der Waals surface area contributed by atoms with Crippen molar-refractivity contribution in [1.82, 2.24) is 0 Å². The van der Waals surface area contributed by atoms with Crippen LogP contribution >= 0.6 is 18.9 Å². The van der Waals surface area contributed by atoms with Crippen LogP contribution in [-0.2, 0) is 4.74 Å². The van der Waals surface area contributed by atoms with Gasteiger partial charge in [-0.2, -0.15) is 0 Å². The van der Waals surface area contributed by atoms with Crippen molar-refractivity contribution in [1.29, 1.82) is 0 Å². The molecule has 0 unspecified atom stereocenters. The first kappa shape index (κ1) is 18.2. The molecule has 0 amide bonds.